The number of benzene rings is 6. The number of anilines is 1. The minimum atomic E-state index is -1.90. The van der Waals surface area contributed by atoms with Gasteiger partial charge in [0.25, 0.3) is 0 Å². The lowest BCUT2D eigenvalue weighted by Gasteiger charge is -2.37. The van der Waals surface area contributed by atoms with Crippen LogP contribution in [-0.2, 0) is 115 Å². The van der Waals surface area contributed by atoms with Gasteiger partial charge in [0.15, 0.2) is 0 Å². The van der Waals surface area contributed by atoms with Gasteiger partial charge in [-0.1, -0.05) is 181 Å². The minimum Gasteiger partial charge on any atom is -0.508 e. The van der Waals surface area contributed by atoms with Crippen molar-refractivity contribution in [3.8, 4) is 11.5 Å². The van der Waals surface area contributed by atoms with E-state index >= 15 is 43.2 Å². The third-order valence-electron chi connectivity index (χ3n) is 22.8. The molecule has 2 aliphatic heterocycles. The van der Waals surface area contributed by atoms with E-state index in [1.807, 2.05) is 6.92 Å². The second-order valence-corrected chi connectivity index (χ2v) is 34.1. The number of carboxylic acid groups (broad SMARTS) is 1. The van der Waals surface area contributed by atoms with Gasteiger partial charge < -0.3 is 98.4 Å². The van der Waals surface area contributed by atoms with E-state index in [0.717, 1.165) is 26.5 Å². The number of primary amides is 1. The number of phenols is 2. The third kappa shape index (κ3) is 28.2. The van der Waals surface area contributed by atoms with Gasteiger partial charge in [-0.25, -0.2) is 0 Å². The van der Waals surface area contributed by atoms with Crippen LogP contribution in [0.4, 0.5) is 5.69 Å². The number of unbranched alkanes of at least 4 members (excludes halogenated alkanes) is 1. The van der Waals surface area contributed by atoms with Gasteiger partial charge in [-0.2, -0.15) is 0 Å². The maximum atomic E-state index is 15.5. The number of carboxylic acids is 1. The van der Waals surface area contributed by atoms with E-state index in [-0.39, 0.29) is 86.6 Å². The predicted molar refractivity (Wildman–Crippen MR) is 481 cm³/mol. The molecule has 1 saturated heterocycles. The lowest BCUT2D eigenvalue weighted by Crippen LogP contribution is -2.62. The van der Waals surface area contributed by atoms with Crippen LogP contribution in [0.3, 0.4) is 0 Å². The average Bonchev–Trinajstić information content (AvgIpc) is 1.72. The molecule has 1 unspecified atom stereocenters. The Bertz CT molecular complexity index is 5160. The Morgan fingerprint density at radius 3 is 1.65 bits per heavy atom. The molecular formula is C93H116N16O19S. The van der Waals surface area contributed by atoms with Crippen LogP contribution < -0.4 is 58.5 Å². The van der Waals surface area contributed by atoms with E-state index in [1.54, 1.807) is 149 Å². The summed E-state index contributed by atoms with van der Waals surface area (Å²) in [4.78, 5) is 244. The highest BCUT2D eigenvalue weighted by Gasteiger charge is 2.44. The second-order valence-electron chi connectivity index (χ2n) is 33.1. The van der Waals surface area contributed by atoms with Crippen LogP contribution in [0.25, 0.3) is 10.9 Å². The van der Waals surface area contributed by atoms with Crippen molar-refractivity contribution in [3.05, 3.63) is 197 Å². The molecule has 0 aliphatic carbocycles. The van der Waals surface area contributed by atoms with Crippen molar-refractivity contribution in [1.82, 2.24) is 72.4 Å². The summed E-state index contributed by atoms with van der Waals surface area (Å²) in [6, 6.07) is 25.7. The Morgan fingerprint density at radius 2 is 1.04 bits per heavy atom. The summed E-state index contributed by atoms with van der Waals surface area (Å²) in [7, 11) is 5.31. The van der Waals surface area contributed by atoms with Crippen LogP contribution in [0.1, 0.15) is 107 Å². The first-order valence-corrected chi connectivity index (χ1v) is 44.0. The monoisotopic (exact) mass is 1790 g/mol. The molecule has 0 saturated carbocycles. The van der Waals surface area contributed by atoms with Crippen molar-refractivity contribution in [2.45, 2.75) is 178 Å². The zero-order valence-corrected chi connectivity index (χ0v) is 74.5. The first kappa shape index (κ1) is 99.1. The van der Waals surface area contributed by atoms with Gasteiger partial charge in [0.2, 0.25) is 88.6 Å². The number of aromatic hydroxyl groups is 2. The van der Waals surface area contributed by atoms with Crippen LogP contribution in [0.2, 0.25) is 0 Å². The van der Waals surface area contributed by atoms with Crippen LogP contribution in [0.5, 0.6) is 11.5 Å². The molecule has 15 N–H and O–H groups in total. The Morgan fingerprint density at radius 1 is 0.512 bits per heavy atom. The fourth-order valence-corrected chi connectivity index (χ4v) is 16.4. The van der Waals surface area contributed by atoms with Crippen molar-refractivity contribution in [1.29, 1.82) is 0 Å². The molecule has 688 valence electrons. The number of thioether (sulfide) groups is 1. The van der Waals surface area contributed by atoms with Gasteiger partial charge >= 0.3 is 5.97 Å². The molecule has 15 amide bonds. The number of amides is 15. The summed E-state index contributed by atoms with van der Waals surface area (Å²) in [5, 5.41) is 56.4. The smallest absolute Gasteiger partial charge is 0.305 e. The number of aromatic nitrogens is 1. The molecule has 1 aromatic heterocycles. The number of likely N-dealkylation sites (N-methyl/N-ethyl adjacent to an activating group) is 4. The highest BCUT2D eigenvalue weighted by Crippen LogP contribution is 2.33. The quantitative estimate of drug-likeness (QED) is 0.0464. The molecular weight excluding hydrogens is 1680 g/mol. The van der Waals surface area contributed by atoms with Crippen molar-refractivity contribution in [2.75, 3.05) is 64.2 Å². The summed E-state index contributed by atoms with van der Waals surface area (Å²) >= 11 is 0.828. The molecule has 2 aliphatic rings. The van der Waals surface area contributed by atoms with E-state index in [9.17, 15) is 48.9 Å². The maximum absolute atomic E-state index is 15.5. The van der Waals surface area contributed by atoms with Gasteiger partial charge in [-0.05, 0) is 82.3 Å². The molecule has 7 aromatic rings. The van der Waals surface area contributed by atoms with Crippen LogP contribution in [0.15, 0.2) is 164 Å². The molecule has 36 heteroatoms. The Balaban J connectivity index is 1.12. The topological polar surface area (TPSA) is 500 Å². The van der Waals surface area contributed by atoms with E-state index in [2.05, 4.69) is 52.8 Å². The molecule has 1 fully saturated rings. The predicted octanol–water partition coefficient (Wildman–Crippen LogP) is 2.60. The number of H-pyrrole nitrogens is 1. The van der Waals surface area contributed by atoms with Crippen LogP contribution >= 0.6 is 11.8 Å². The molecule has 2 bridgehead atoms. The SMILES string of the molecule is CCCC[C@H]1C(=O)N(C)CC(=O)N[C@@H](CC(=O)O)C(=O)N[C@@H]([C@@H](C)CC)C(=O)N(C)[C@@H](Cc2ccccc2)C(=O)N[C@H]2Cc3ccc(O)cc3N(CC(=O)N[C@@H](Cc3c[nH]c4ccccc34)C(=O)NC(Cc3ccc(O)cc3)C(=O)N[C@@H](CC(C)C)C(=O)N[C@H](C(=O)NCC(N)=O)CSCC(=O)N[C@@H](Cc3ccccc3)C(=O)N(C)[C@@H](Cc3ccccc3)C(=O)N1C)C2=O. The molecule has 129 heavy (non-hydrogen) atoms. The largest absolute Gasteiger partial charge is 0.508 e. The molecule has 0 spiro atoms. The Hall–Kier alpha value is -13.7. The zero-order valence-electron chi connectivity index (χ0n) is 73.7. The minimum absolute atomic E-state index is 0.0324. The molecule has 0 radical (unpaired) electrons. The van der Waals surface area contributed by atoms with Crippen LogP contribution in [0, 0.1) is 11.8 Å². The van der Waals surface area contributed by atoms with E-state index in [1.165, 1.54) is 80.5 Å². The summed E-state index contributed by atoms with van der Waals surface area (Å²) in [6.07, 6.45) is 0.351. The summed E-state index contributed by atoms with van der Waals surface area (Å²) < 4.78 is 0. The van der Waals surface area contributed by atoms with Crippen molar-refractivity contribution >= 4 is 123 Å². The fourth-order valence-electron chi connectivity index (χ4n) is 15.5. The number of carbonyl (C=O) groups excluding carboxylic acids is 15. The first-order chi connectivity index (χ1) is 61.5. The average molecular weight is 1790 g/mol. The third-order valence-corrected chi connectivity index (χ3v) is 23.9. The number of para-hydroxylation sites is 1. The number of phenolic OH excluding ortho intramolecular Hbond substituents is 2. The number of hydrogen-bond acceptors (Lipinski definition) is 19. The number of carbonyl (C=O) groups is 16. The molecule has 6 aromatic carbocycles. The summed E-state index contributed by atoms with van der Waals surface area (Å²) in [6.45, 7) is 6.30. The second kappa shape index (κ2) is 47.2. The van der Waals surface area contributed by atoms with E-state index in [4.69, 9.17) is 5.73 Å². The summed E-state index contributed by atoms with van der Waals surface area (Å²) in [5.41, 5.74) is 9.09. The molecule has 3 heterocycles. The highest BCUT2D eigenvalue weighted by atomic mass is 32.2. The number of aliphatic carboxylic acids is 1. The zero-order chi connectivity index (χ0) is 93.9. The fraction of sp³-hybridized carbons (Fsp3) is 0.419. The number of aromatic amines is 1. The van der Waals surface area contributed by atoms with Gasteiger partial charge in [-0.3, -0.25) is 76.7 Å². The first-order valence-electron chi connectivity index (χ1n) is 42.9. The number of rotatable bonds is 22. The van der Waals surface area contributed by atoms with Gasteiger partial charge in [0, 0.05) is 95.6 Å². The van der Waals surface area contributed by atoms with Gasteiger partial charge in [-0.15, -0.1) is 11.8 Å². The maximum Gasteiger partial charge on any atom is 0.305 e. The van der Waals surface area contributed by atoms with E-state index in [0.29, 0.717) is 57.1 Å². The van der Waals surface area contributed by atoms with Crippen molar-refractivity contribution < 1.29 is 92.0 Å². The lowest BCUT2D eigenvalue weighted by atomic mass is 9.94. The van der Waals surface area contributed by atoms with Crippen molar-refractivity contribution in [3.63, 3.8) is 0 Å². The van der Waals surface area contributed by atoms with Gasteiger partial charge in [0.1, 0.15) is 84.5 Å². The molecule has 12 atom stereocenters. The van der Waals surface area contributed by atoms with Crippen molar-refractivity contribution in [2.24, 2.45) is 17.6 Å². The number of fused-ring (bicyclic) bond motifs is 5. The number of nitrogens with two attached hydrogens (primary N) is 1. The number of hydrogen-bond donors (Lipinski definition) is 14. The Kier molecular flexibility index (Phi) is 36.3. The highest BCUT2D eigenvalue weighted by molar-refractivity contribution is 8.00. The standard InChI is InChI=1S/C93H116N16O19S/c1-10-12-32-73-91(126)105(6)50-78(113)98-69(47-81(116)117)87(122)104-82(55(5)11-2)93(128)107(8)75(42-57-26-18-14-19-27-57)88(123)102-71-44-60-35-38-63(111)46-74(60)109(90(71)125)51-79(114)97-68(45-61-48-95-65-31-23-22-30-64(61)65)86(121)101-67(40-59-33-36-62(110)37-34-59)85(120)100-66(39-54(3)4)84(119)103-72(83(118)96-49-77(94)112)52-129-53-80(115)99-70(41-56-24-16-13-17-25-56)89(124)108(9)76(92(127)106(73)7)43-58-28-20-15-21-29-58/h13-31,33-38,46,48,54-55,66-73,75-76,82,95,110-111H,10-12,32,39-45,47,49-53H2,1-9H3,(H2,94,112)(H,96,118)(H,97,114)(H,98,113)(H,99,115)(H,100,120)(H,101,121)(H,102,123)(H,103,119)(H,104,122)(H,116,117)/t55-,66-,67?,68-,69-,70-,71-,72-,73-,75-,76-,82-/m0/s1. The molecule has 35 nitrogen and oxygen atoms in total. The molecule has 9 rings (SSSR count). The van der Waals surface area contributed by atoms with E-state index < -0.39 is 199 Å². The van der Waals surface area contributed by atoms with Gasteiger partial charge in [0.05, 0.1) is 31.0 Å². The lowest BCUT2D eigenvalue weighted by molar-refractivity contribution is -0.151. The number of nitrogens with zero attached hydrogens (tertiary/aromatic N) is 5. The summed E-state index contributed by atoms with van der Waals surface area (Å²) in [5.74, 6) is -17.6. The number of nitrogens with one attached hydrogen (secondary N) is 10. The normalized spacial score (nSPS) is 22.4. The van der Waals surface area contributed by atoms with Crippen LogP contribution in [-0.4, -0.2) is 260 Å². The Labute approximate surface area is 752 Å².